The van der Waals surface area contributed by atoms with Gasteiger partial charge in [-0.25, -0.2) is 8.78 Å². The van der Waals surface area contributed by atoms with Gasteiger partial charge in [0.25, 0.3) is 0 Å². The highest BCUT2D eigenvalue weighted by Gasteiger charge is 2.25. The molecule has 162 valence electrons. The number of halogens is 2. The summed E-state index contributed by atoms with van der Waals surface area (Å²) in [6.45, 7) is 3.68. The number of aliphatic hydroxyl groups is 1. The number of hydrogen-bond acceptors (Lipinski definition) is 4. The first-order valence-corrected chi connectivity index (χ1v) is 10.5. The minimum absolute atomic E-state index is 0.0759. The van der Waals surface area contributed by atoms with E-state index in [0.29, 0.717) is 5.56 Å². The molecular weight excluding hydrogens is 388 g/mol. The molecule has 0 spiro atoms. The average molecular weight is 418 g/mol. The topological polar surface area (TPSA) is 74.2 Å². The van der Waals surface area contributed by atoms with E-state index in [1.54, 1.807) is 0 Å². The van der Waals surface area contributed by atoms with E-state index in [4.69, 9.17) is 0 Å². The maximum atomic E-state index is 13.5. The summed E-state index contributed by atoms with van der Waals surface area (Å²) in [5, 5.41) is 16.9. The Morgan fingerprint density at radius 2 is 1.97 bits per heavy atom. The van der Waals surface area contributed by atoms with E-state index in [0.717, 1.165) is 43.0 Å². The summed E-state index contributed by atoms with van der Waals surface area (Å²) in [4.78, 5) is 16.2. The van der Waals surface area contributed by atoms with E-state index in [-0.39, 0.29) is 24.9 Å². The Kier molecular flexibility index (Phi) is 7.50. The van der Waals surface area contributed by atoms with Crippen LogP contribution in [0.2, 0.25) is 0 Å². The fraction of sp³-hybridized carbons (Fsp3) is 0.478. The quantitative estimate of drug-likeness (QED) is 0.617. The Morgan fingerprint density at radius 3 is 2.63 bits per heavy atom. The van der Waals surface area contributed by atoms with Gasteiger partial charge in [-0.15, -0.1) is 0 Å². The lowest BCUT2D eigenvalue weighted by Gasteiger charge is -2.29. The molecule has 0 saturated heterocycles. The number of pyridine rings is 1. The summed E-state index contributed by atoms with van der Waals surface area (Å²) >= 11 is 0. The molecule has 1 aliphatic rings. The molecule has 3 rings (SSSR count). The number of aryl methyl sites for hydroxylation is 2. The van der Waals surface area contributed by atoms with Gasteiger partial charge in [-0.05, 0) is 60.9 Å². The van der Waals surface area contributed by atoms with Crippen molar-refractivity contribution in [3.8, 4) is 0 Å². The number of aliphatic hydroxyl groups excluding tert-OH is 1. The Bertz CT molecular complexity index is 870. The van der Waals surface area contributed by atoms with Crippen LogP contribution in [0.3, 0.4) is 0 Å². The number of hydrogen-bond donors (Lipinski definition) is 3. The number of aromatic nitrogens is 1. The van der Waals surface area contributed by atoms with Crippen molar-refractivity contribution in [1.29, 1.82) is 0 Å². The molecule has 5 nitrogen and oxygen atoms in total. The van der Waals surface area contributed by atoms with E-state index in [2.05, 4.69) is 28.6 Å². The van der Waals surface area contributed by atoms with Gasteiger partial charge in [-0.1, -0.05) is 13.0 Å². The molecule has 0 aliphatic heterocycles. The molecule has 30 heavy (non-hydrogen) atoms. The molecule has 0 saturated carbocycles. The summed E-state index contributed by atoms with van der Waals surface area (Å²) in [7, 11) is 0. The summed E-state index contributed by atoms with van der Waals surface area (Å²) in [6, 6.07) is 4.81. The van der Waals surface area contributed by atoms with E-state index in [1.165, 1.54) is 24.6 Å². The smallest absolute Gasteiger partial charge is 0.217 e. The number of nitrogens with one attached hydrogen (secondary N) is 2. The number of benzene rings is 1. The highest BCUT2D eigenvalue weighted by atomic mass is 19.1. The summed E-state index contributed by atoms with van der Waals surface area (Å²) < 4.78 is 27.1. The van der Waals surface area contributed by atoms with E-state index in [1.807, 2.05) is 6.20 Å². The Hall–Kier alpha value is -2.38. The van der Waals surface area contributed by atoms with Crippen LogP contribution in [0.5, 0.6) is 0 Å². The first-order chi connectivity index (χ1) is 14.4. The van der Waals surface area contributed by atoms with Gasteiger partial charge in [0.1, 0.15) is 11.6 Å². The summed E-state index contributed by atoms with van der Waals surface area (Å²) in [6.07, 6.45) is 4.92. The molecule has 1 amide bonds. The van der Waals surface area contributed by atoms with Crippen molar-refractivity contribution in [2.24, 2.45) is 0 Å². The van der Waals surface area contributed by atoms with Gasteiger partial charge in [0, 0.05) is 37.5 Å². The first-order valence-electron chi connectivity index (χ1n) is 10.5. The molecule has 0 radical (unpaired) electrons. The Labute approximate surface area is 175 Å². The minimum atomic E-state index is -0.923. The van der Waals surface area contributed by atoms with Crippen LogP contribution in [-0.2, 0) is 24.1 Å². The Balaban J connectivity index is 1.69. The predicted octanol–water partition coefficient (Wildman–Crippen LogP) is 3.00. The molecule has 3 atom stereocenters. The molecule has 1 aromatic heterocycles. The lowest BCUT2D eigenvalue weighted by atomic mass is 9.89. The number of carbonyl (C=O) groups excluding carboxylic acids is 1. The van der Waals surface area contributed by atoms with Crippen LogP contribution in [0.4, 0.5) is 8.78 Å². The second-order valence-corrected chi connectivity index (χ2v) is 7.94. The average Bonchev–Trinajstić information content (AvgIpc) is 2.70. The number of rotatable bonds is 8. The van der Waals surface area contributed by atoms with E-state index < -0.39 is 23.8 Å². The number of fused-ring (bicyclic) bond motifs is 1. The molecule has 7 heteroatoms. The highest BCUT2D eigenvalue weighted by Crippen LogP contribution is 2.29. The van der Waals surface area contributed by atoms with Crippen molar-refractivity contribution in [2.75, 3.05) is 6.54 Å². The number of amides is 1. The molecule has 1 aliphatic carbocycles. The normalized spacial score (nSPS) is 17.8. The van der Waals surface area contributed by atoms with E-state index in [9.17, 15) is 18.7 Å². The number of nitrogens with zero attached hydrogens (tertiary/aromatic N) is 1. The maximum Gasteiger partial charge on any atom is 0.217 e. The van der Waals surface area contributed by atoms with Crippen LogP contribution >= 0.6 is 0 Å². The summed E-state index contributed by atoms with van der Waals surface area (Å²) in [5.74, 6) is -1.68. The maximum absolute atomic E-state index is 13.5. The zero-order valence-electron chi connectivity index (χ0n) is 17.4. The second-order valence-electron chi connectivity index (χ2n) is 7.94. The van der Waals surface area contributed by atoms with Crippen LogP contribution in [-0.4, -0.2) is 34.7 Å². The number of carbonyl (C=O) groups is 1. The van der Waals surface area contributed by atoms with Crippen molar-refractivity contribution in [3.63, 3.8) is 0 Å². The van der Waals surface area contributed by atoms with Gasteiger partial charge in [-0.3, -0.25) is 9.78 Å². The SMILES string of the molecule is CCc1cnc2c(c1)C(NC[C@@H](O)[C@H](Cc1cc(F)cc(F)c1)NC(C)=O)CCC2. The zero-order valence-corrected chi connectivity index (χ0v) is 17.4. The molecular formula is C23H29F2N3O2. The fourth-order valence-electron chi connectivity index (χ4n) is 4.03. The predicted molar refractivity (Wildman–Crippen MR) is 111 cm³/mol. The van der Waals surface area contributed by atoms with Crippen LogP contribution in [0.15, 0.2) is 30.5 Å². The van der Waals surface area contributed by atoms with Gasteiger partial charge in [-0.2, -0.15) is 0 Å². The molecule has 1 heterocycles. The van der Waals surface area contributed by atoms with Gasteiger partial charge in [0.2, 0.25) is 5.91 Å². The van der Waals surface area contributed by atoms with Gasteiger partial charge in [0.15, 0.2) is 0 Å². The molecule has 0 bridgehead atoms. The van der Waals surface area contributed by atoms with Crippen LogP contribution in [0, 0.1) is 11.6 Å². The van der Waals surface area contributed by atoms with Crippen molar-refractivity contribution >= 4 is 5.91 Å². The Morgan fingerprint density at radius 1 is 1.23 bits per heavy atom. The van der Waals surface area contributed by atoms with Gasteiger partial charge in [0.05, 0.1) is 12.1 Å². The monoisotopic (exact) mass is 417 g/mol. The first kappa shape index (κ1) is 22.3. The van der Waals surface area contributed by atoms with Crippen molar-refractivity contribution in [3.05, 3.63) is 64.5 Å². The minimum Gasteiger partial charge on any atom is -0.390 e. The summed E-state index contributed by atoms with van der Waals surface area (Å²) in [5.41, 5.74) is 3.80. The van der Waals surface area contributed by atoms with Crippen molar-refractivity contribution in [1.82, 2.24) is 15.6 Å². The fourth-order valence-corrected chi connectivity index (χ4v) is 4.03. The third kappa shape index (κ3) is 5.83. The molecule has 1 aromatic carbocycles. The van der Waals surface area contributed by atoms with Crippen LogP contribution < -0.4 is 10.6 Å². The standard InChI is InChI=1S/C23H29F2N3O2/c1-3-15-9-19-20(26-12-15)5-4-6-21(19)27-13-23(30)22(28-14(2)29)10-16-7-17(24)11-18(25)8-16/h7-9,11-12,21-23,27,30H,3-6,10,13H2,1-2H3,(H,28,29)/t21?,22-,23+/m0/s1. The van der Waals surface area contributed by atoms with Crippen molar-refractivity contribution < 1.29 is 18.7 Å². The van der Waals surface area contributed by atoms with Gasteiger partial charge >= 0.3 is 0 Å². The van der Waals surface area contributed by atoms with Crippen molar-refractivity contribution in [2.45, 2.75) is 64.1 Å². The van der Waals surface area contributed by atoms with Gasteiger partial charge < -0.3 is 15.7 Å². The van der Waals surface area contributed by atoms with Crippen LogP contribution in [0.1, 0.15) is 55.1 Å². The van der Waals surface area contributed by atoms with E-state index >= 15 is 0 Å². The third-order valence-electron chi connectivity index (χ3n) is 5.55. The largest absolute Gasteiger partial charge is 0.390 e. The second kappa shape index (κ2) is 10.1. The third-order valence-corrected chi connectivity index (χ3v) is 5.55. The highest BCUT2D eigenvalue weighted by molar-refractivity contribution is 5.73. The van der Waals surface area contributed by atoms with Crippen LogP contribution in [0.25, 0.3) is 0 Å². The molecule has 1 unspecified atom stereocenters. The molecule has 3 N–H and O–H groups in total. The molecule has 2 aromatic rings. The zero-order chi connectivity index (χ0) is 21.7. The molecule has 0 fully saturated rings. The lowest BCUT2D eigenvalue weighted by molar-refractivity contribution is -0.120. The lowest BCUT2D eigenvalue weighted by Crippen LogP contribution is -2.48.